The SMILES string of the molecule is CC(C)C[C@@H]1NC(=O)[C@H](CC(C)C)N(C)C(=O)[C@H](C)N(C)C(=O)C[C@@H](C(=O)N(C)[C@@H](Cc2ccccc2)C(=O)N[C@@H](C)C(=O)N2CCCCC2)NC(=O)[C@H]([C@@H](C)O)NC(=O)[C@H](CC(C)C)N(C)C(=O)[C@H](Cc2ccccc2)NC(=O)[C@H](Cc2ccccc2)N(C)C(=O)[C@H](CC(C)C)N(C)C1=O. The number of carbonyl (C=O) groups excluding carboxylic acids is 12. The first-order valence-electron chi connectivity index (χ1n) is 35.7. The molecule has 5 rings (SSSR count). The van der Waals surface area contributed by atoms with E-state index in [4.69, 9.17) is 0 Å². The van der Waals surface area contributed by atoms with Gasteiger partial charge < -0.3 is 66.0 Å². The van der Waals surface area contributed by atoms with Crippen molar-refractivity contribution < 1.29 is 62.6 Å². The number of amides is 12. The third-order valence-corrected chi connectivity index (χ3v) is 19.2. The zero-order chi connectivity index (χ0) is 75.3. The van der Waals surface area contributed by atoms with Gasteiger partial charge in [-0.3, -0.25) is 57.5 Å². The Labute approximate surface area is 598 Å². The molecule has 0 radical (unpaired) electrons. The lowest BCUT2D eigenvalue weighted by Gasteiger charge is -2.38. The van der Waals surface area contributed by atoms with Crippen molar-refractivity contribution >= 4 is 70.9 Å². The maximum absolute atomic E-state index is 15.5. The van der Waals surface area contributed by atoms with E-state index in [1.54, 1.807) is 103 Å². The average Bonchev–Trinajstić information content (AvgIpc) is 0.818. The highest BCUT2D eigenvalue weighted by Crippen LogP contribution is 2.24. The Morgan fingerprint density at radius 2 is 0.921 bits per heavy atom. The average molecular weight is 1400 g/mol. The normalized spacial score (nSPS) is 23.8. The molecule has 2 heterocycles. The van der Waals surface area contributed by atoms with Crippen LogP contribution in [0.3, 0.4) is 0 Å². The predicted molar refractivity (Wildman–Crippen MR) is 385 cm³/mol. The van der Waals surface area contributed by atoms with Crippen molar-refractivity contribution in [2.24, 2.45) is 23.7 Å². The molecule has 2 fully saturated rings. The van der Waals surface area contributed by atoms with E-state index in [2.05, 4.69) is 26.6 Å². The van der Waals surface area contributed by atoms with Crippen molar-refractivity contribution in [2.75, 3.05) is 55.4 Å². The van der Waals surface area contributed by atoms with Crippen molar-refractivity contribution in [3.8, 4) is 0 Å². The minimum Gasteiger partial charge on any atom is -0.391 e. The lowest BCUT2D eigenvalue weighted by atomic mass is 9.96. The molecule has 0 aromatic heterocycles. The van der Waals surface area contributed by atoms with Gasteiger partial charge in [0, 0.05) is 74.6 Å². The van der Waals surface area contributed by atoms with Crippen LogP contribution < -0.4 is 26.6 Å². The van der Waals surface area contributed by atoms with Gasteiger partial charge >= 0.3 is 0 Å². The van der Waals surface area contributed by atoms with E-state index in [0.29, 0.717) is 29.8 Å². The first kappa shape index (κ1) is 82.9. The van der Waals surface area contributed by atoms with E-state index in [-0.39, 0.29) is 74.5 Å². The van der Waals surface area contributed by atoms with Gasteiger partial charge in [-0.25, -0.2) is 0 Å². The number of aliphatic hydroxyl groups is 1. The summed E-state index contributed by atoms with van der Waals surface area (Å²) in [6.07, 6.45) is 0.0264. The quantitative estimate of drug-likeness (QED) is 0.0929. The first-order chi connectivity index (χ1) is 47.5. The van der Waals surface area contributed by atoms with E-state index in [1.807, 2.05) is 55.4 Å². The summed E-state index contributed by atoms with van der Waals surface area (Å²) in [5, 5.41) is 25.5. The van der Waals surface area contributed by atoms with Gasteiger partial charge in [-0.1, -0.05) is 146 Å². The van der Waals surface area contributed by atoms with E-state index >= 15 is 38.4 Å². The fourth-order valence-corrected chi connectivity index (χ4v) is 13.0. The molecule has 0 bridgehead atoms. The highest BCUT2D eigenvalue weighted by molar-refractivity contribution is 6.01. The maximum atomic E-state index is 15.5. The van der Waals surface area contributed by atoms with E-state index in [1.165, 1.54) is 70.8 Å². The van der Waals surface area contributed by atoms with Crippen molar-refractivity contribution in [2.45, 2.75) is 219 Å². The number of hydrogen-bond donors (Lipinski definition) is 6. The van der Waals surface area contributed by atoms with Crippen LogP contribution in [0.1, 0.15) is 144 Å². The summed E-state index contributed by atoms with van der Waals surface area (Å²) < 4.78 is 0. The van der Waals surface area contributed by atoms with E-state index < -0.39 is 144 Å². The number of rotatable bonds is 20. The Morgan fingerprint density at radius 3 is 1.43 bits per heavy atom. The van der Waals surface area contributed by atoms with Crippen LogP contribution in [0.25, 0.3) is 0 Å². The van der Waals surface area contributed by atoms with Crippen LogP contribution in [0.5, 0.6) is 0 Å². The van der Waals surface area contributed by atoms with Gasteiger partial charge in [0.1, 0.15) is 66.5 Å². The summed E-state index contributed by atoms with van der Waals surface area (Å²) in [5.74, 6) is -10.0. The zero-order valence-corrected chi connectivity index (χ0v) is 62.6. The molecule has 25 nitrogen and oxygen atoms in total. The number of likely N-dealkylation sites (N-methyl/N-ethyl adjacent to an activating group) is 6. The molecule has 101 heavy (non-hydrogen) atoms. The monoisotopic (exact) mass is 1400 g/mol. The first-order valence-corrected chi connectivity index (χ1v) is 35.7. The molecule has 556 valence electrons. The van der Waals surface area contributed by atoms with Gasteiger partial charge in [0.25, 0.3) is 0 Å². The second-order valence-corrected chi connectivity index (χ2v) is 29.3. The number of nitrogens with zero attached hydrogens (tertiary/aromatic N) is 7. The molecule has 6 N–H and O–H groups in total. The molecule has 0 spiro atoms. The van der Waals surface area contributed by atoms with Gasteiger partial charge in [0.15, 0.2) is 0 Å². The minimum absolute atomic E-state index is 0.0164. The van der Waals surface area contributed by atoms with Crippen LogP contribution in [0, 0.1) is 23.7 Å². The Kier molecular flexibility index (Phi) is 31.9. The summed E-state index contributed by atoms with van der Waals surface area (Å²) in [6.45, 7) is 20.0. The fourth-order valence-electron chi connectivity index (χ4n) is 13.0. The van der Waals surface area contributed by atoms with Crippen molar-refractivity contribution in [1.29, 1.82) is 0 Å². The molecular formula is C76H114N12O13. The molecule has 2 aliphatic rings. The van der Waals surface area contributed by atoms with Crippen LogP contribution in [-0.4, -0.2) is 238 Å². The van der Waals surface area contributed by atoms with Gasteiger partial charge in [-0.15, -0.1) is 0 Å². The van der Waals surface area contributed by atoms with Gasteiger partial charge in [0.05, 0.1) is 12.5 Å². The number of carbonyl (C=O) groups is 12. The maximum Gasteiger partial charge on any atom is 0.246 e. The third-order valence-electron chi connectivity index (χ3n) is 19.2. The highest BCUT2D eigenvalue weighted by atomic mass is 16.3. The molecule has 2 saturated heterocycles. The lowest BCUT2D eigenvalue weighted by Crippen LogP contribution is -2.63. The van der Waals surface area contributed by atoms with Crippen molar-refractivity contribution in [3.63, 3.8) is 0 Å². The number of likely N-dealkylation sites (tertiary alicyclic amines) is 1. The Morgan fingerprint density at radius 1 is 0.495 bits per heavy atom. The van der Waals surface area contributed by atoms with Crippen LogP contribution in [0.4, 0.5) is 0 Å². The van der Waals surface area contributed by atoms with Crippen molar-refractivity contribution in [1.82, 2.24) is 60.9 Å². The summed E-state index contributed by atoms with van der Waals surface area (Å²) in [6, 6.07) is 11.2. The molecule has 12 amide bonds. The molecule has 0 saturated carbocycles. The number of piperidine rings is 1. The van der Waals surface area contributed by atoms with Gasteiger partial charge in [-0.05, 0) is 106 Å². The van der Waals surface area contributed by atoms with Crippen LogP contribution in [-0.2, 0) is 76.8 Å². The largest absolute Gasteiger partial charge is 0.391 e. The second-order valence-electron chi connectivity index (χ2n) is 29.3. The Balaban J connectivity index is 1.72. The number of nitrogens with one attached hydrogen (secondary N) is 5. The topological polar surface area (TPSA) is 308 Å². The van der Waals surface area contributed by atoms with Crippen LogP contribution >= 0.6 is 0 Å². The fraction of sp³-hybridized carbons (Fsp3) is 0.605. The molecule has 3 aromatic rings. The van der Waals surface area contributed by atoms with Crippen LogP contribution in [0.2, 0.25) is 0 Å². The molecule has 0 unspecified atom stereocenters. The number of hydrogen-bond acceptors (Lipinski definition) is 13. The second kappa shape index (κ2) is 38.9. The smallest absolute Gasteiger partial charge is 0.246 e. The zero-order valence-electron chi connectivity index (χ0n) is 62.6. The van der Waals surface area contributed by atoms with Crippen LogP contribution in [0.15, 0.2) is 91.0 Å². The number of benzene rings is 3. The summed E-state index contributed by atoms with van der Waals surface area (Å²) >= 11 is 0. The summed E-state index contributed by atoms with van der Waals surface area (Å²) in [5.41, 5.74) is 1.89. The highest BCUT2D eigenvalue weighted by Gasteiger charge is 2.44. The molecule has 3 aromatic carbocycles. The van der Waals surface area contributed by atoms with Gasteiger partial charge in [-0.2, -0.15) is 0 Å². The van der Waals surface area contributed by atoms with E-state index in [0.717, 1.165) is 34.0 Å². The van der Waals surface area contributed by atoms with Gasteiger partial charge in [0.2, 0.25) is 70.9 Å². The summed E-state index contributed by atoms with van der Waals surface area (Å²) in [7, 11) is 8.32. The Bertz CT molecular complexity index is 3290. The van der Waals surface area contributed by atoms with E-state index in [9.17, 15) is 24.3 Å². The molecule has 25 heteroatoms. The Hall–Kier alpha value is -8.74. The van der Waals surface area contributed by atoms with Crippen molar-refractivity contribution in [3.05, 3.63) is 108 Å². The third kappa shape index (κ3) is 23.7. The predicted octanol–water partition coefficient (Wildman–Crippen LogP) is 4.12. The number of aliphatic hydroxyl groups excluding tert-OH is 1. The molecule has 0 aliphatic carbocycles. The minimum atomic E-state index is -1.89. The molecule has 2 aliphatic heterocycles. The molecule has 12 atom stereocenters. The summed E-state index contributed by atoms with van der Waals surface area (Å²) in [4.78, 5) is 189. The lowest BCUT2D eigenvalue weighted by molar-refractivity contribution is -0.151. The molecular weight excluding hydrogens is 1290 g/mol. The standard InChI is InChI=1S/C76H114N12O13/c1-46(2)38-56-73(98)87(17)63(41-49(7)8)76(101)86(16)62(44-55-34-26-20-27-35-55)68(93)79-57(42-53-30-22-18-23-31-53)74(99)84(14)60(40-48(5)6)69(94)81-65(52(11)89)70(95)80-58(45-64(90)82(12)51(10)72(97)83(13)59(39-47(3)4)67(92)78-56)75(100)85(15)61(43-54-32-24-19-25-33-54)66(91)77-50(9)71(96)88-36-28-21-29-37-88/h18-20,22-27,30-35,46-52,56-63,65,89H,21,28-29,36-45H2,1-17H3,(H,77,91)(H,78,92)(H,79,93)(H,80,95)(H,81,94)/t50-,51-,52+,56-,57-,58-,59-,60-,61-,62-,63-,65-/m0/s1.